The van der Waals surface area contributed by atoms with E-state index in [-0.39, 0.29) is 6.42 Å². The summed E-state index contributed by atoms with van der Waals surface area (Å²) >= 11 is 0. The van der Waals surface area contributed by atoms with Crippen LogP contribution < -0.4 is 10.5 Å². The largest absolute Gasteiger partial charge is 0.497 e. The molecule has 0 aliphatic carbocycles. The molecular formula is C24H21N3O4. The minimum atomic E-state index is -1.02. The van der Waals surface area contributed by atoms with Gasteiger partial charge in [-0.15, -0.1) is 0 Å². The third-order valence-corrected chi connectivity index (χ3v) is 4.94. The molecule has 0 saturated heterocycles. The molecule has 0 saturated carbocycles. The van der Waals surface area contributed by atoms with Crippen molar-refractivity contribution in [3.05, 3.63) is 78.4 Å². The maximum atomic E-state index is 10.9. The number of carboxylic acids is 1. The fourth-order valence-corrected chi connectivity index (χ4v) is 3.20. The van der Waals surface area contributed by atoms with Gasteiger partial charge in [0.2, 0.25) is 5.82 Å². The lowest BCUT2D eigenvalue weighted by molar-refractivity contribution is -0.138. The van der Waals surface area contributed by atoms with E-state index in [4.69, 9.17) is 20.1 Å². The van der Waals surface area contributed by atoms with Crippen LogP contribution >= 0.6 is 0 Å². The van der Waals surface area contributed by atoms with Crippen molar-refractivity contribution in [1.82, 2.24) is 10.1 Å². The Labute approximate surface area is 179 Å². The van der Waals surface area contributed by atoms with E-state index in [2.05, 4.69) is 10.1 Å². The summed E-state index contributed by atoms with van der Waals surface area (Å²) in [7, 11) is 1.64. The number of aliphatic carboxylic acids is 1. The van der Waals surface area contributed by atoms with Gasteiger partial charge in [-0.3, -0.25) is 4.79 Å². The number of nitrogens with zero attached hydrogens (tertiary/aromatic N) is 2. The van der Waals surface area contributed by atoms with E-state index >= 15 is 0 Å². The van der Waals surface area contributed by atoms with Gasteiger partial charge in [-0.05, 0) is 47.4 Å². The van der Waals surface area contributed by atoms with Crippen molar-refractivity contribution in [2.45, 2.75) is 12.5 Å². The van der Waals surface area contributed by atoms with Crippen LogP contribution in [0.1, 0.15) is 5.56 Å². The number of benzene rings is 3. The predicted octanol–water partition coefficient (Wildman–Crippen LogP) is 4.03. The molecule has 156 valence electrons. The molecule has 1 aromatic heterocycles. The Morgan fingerprint density at radius 1 is 1.00 bits per heavy atom. The Kier molecular flexibility index (Phi) is 5.77. The highest BCUT2D eigenvalue weighted by molar-refractivity contribution is 5.73. The van der Waals surface area contributed by atoms with E-state index in [0.717, 1.165) is 33.6 Å². The lowest BCUT2D eigenvalue weighted by Crippen LogP contribution is -2.32. The van der Waals surface area contributed by atoms with Crippen molar-refractivity contribution < 1.29 is 19.2 Å². The van der Waals surface area contributed by atoms with Gasteiger partial charge in [0.1, 0.15) is 11.8 Å². The number of hydrogen-bond donors (Lipinski definition) is 2. The first-order valence-electron chi connectivity index (χ1n) is 9.70. The summed E-state index contributed by atoms with van der Waals surface area (Å²) in [5.41, 5.74) is 10.1. The van der Waals surface area contributed by atoms with Crippen LogP contribution in [0.2, 0.25) is 0 Å². The van der Waals surface area contributed by atoms with E-state index in [1.54, 1.807) is 7.11 Å². The van der Waals surface area contributed by atoms with Crippen LogP contribution in [0, 0.1) is 0 Å². The number of ether oxygens (including phenoxy) is 1. The zero-order valence-corrected chi connectivity index (χ0v) is 16.9. The second-order valence-electron chi connectivity index (χ2n) is 7.08. The van der Waals surface area contributed by atoms with Crippen molar-refractivity contribution in [2.24, 2.45) is 5.73 Å². The van der Waals surface area contributed by atoms with Crippen molar-refractivity contribution in [2.75, 3.05) is 7.11 Å². The predicted molar refractivity (Wildman–Crippen MR) is 116 cm³/mol. The minimum absolute atomic E-state index is 0.255. The van der Waals surface area contributed by atoms with E-state index in [1.165, 1.54) is 0 Å². The average Bonchev–Trinajstić information content (AvgIpc) is 3.30. The van der Waals surface area contributed by atoms with Gasteiger partial charge >= 0.3 is 5.97 Å². The molecule has 0 amide bonds. The molecule has 0 spiro atoms. The van der Waals surface area contributed by atoms with Gasteiger partial charge in [0.25, 0.3) is 5.89 Å². The van der Waals surface area contributed by atoms with Gasteiger partial charge in [0, 0.05) is 11.1 Å². The summed E-state index contributed by atoms with van der Waals surface area (Å²) in [6, 6.07) is 22.1. The first-order valence-corrected chi connectivity index (χ1v) is 9.70. The Morgan fingerprint density at radius 3 is 2.35 bits per heavy atom. The quantitative estimate of drug-likeness (QED) is 0.469. The molecule has 1 heterocycles. The first-order chi connectivity index (χ1) is 15.0. The zero-order valence-electron chi connectivity index (χ0n) is 16.9. The molecule has 31 heavy (non-hydrogen) atoms. The molecule has 1 atom stereocenters. The summed E-state index contributed by atoms with van der Waals surface area (Å²) in [5.74, 6) is 0.655. The Bertz CT molecular complexity index is 1180. The Balaban J connectivity index is 1.54. The summed E-state index contributed by atoms with van der Waals surface area (Å²) in [6.07, 6.45) is 0.255. The Hall–Kier alpha value is -3.97. The second kappa shape index (κ2) is 8.81. The van der Waals surface area contributed by atoms with Crippen LogP contribution in [0.25, 0.3) is 34.0 Å². The minimum Gasteiger partial charge on any atom is -0.497 e. The van der Waals surface area contributed by atoms with Crippen molar-refractivity contribution in [3.8, 4) is 39.7 Å². The monoisotopic (exact) mass is 415 g/mol. The standard InChI is InChI=1S/C24H21N3O4/c1-30-20-11-9-16(10-12-20)18-3-2-4-19(14-18)23-26-22(27-31-23)17-7-5-15(6-8-17)13-21(25)24(28)29/h2-12,14,21H,13,25H2,1H3,(H,28,29)/t21-/m0/s1. The molecule has 0 aliphatic heterocycles. The van der Waals surface area contributed by atoms with Gasteiger partial charge in [-0.1, -0.05) is 53.7 Å². The van der Waals surface area contributed by atoms with Crippen molar-refractivity contribution in [3.63, 3.8) is 0 Å². The Morgan fingerprint density at radius 2 is 1.68 bits per heavy atom. The second-order valence-corrected chi connectivity index (χ2v) is 7.08. The van der Waals surface area contributed by atoms with Crippen LogP contribution in [0.15, 0.2) is 77.3 Å². The van der Waals surface area contributed by atoms with Crippen LogP contribution in [0.3, 0.4) is 0 Å². The molecule has 7 heteroatoms. The topological polar surface area (TPSA) is 111 Å². The SMILES string of the molecule is COc1ccc(-c2cccc(-c3nc(-c4ccc(C[C@H](N)C(=O)O)cc4)no3)c2)cc1. The highest BCUT2D eigenvalue weighted by Gasteiger charge is 2.14. The summed E-state index contributed by atoms with van der Waals surface area (Å²) in [4.78, 5) is 15.4. The van der Waals surface area contributed by atoms with E-state index < -0.39 is 12.0 Å². The molecule has 4 rings (SSSR count). The third kappa shape index (κ3) is 4.62. The number of carboxylic acid groups (broad SMARTS) is 1. The normalized spacial score (nSPS) is 11.8. The van der Waals surface area contributed by atoms with Crippen LogP contribution in [0.5, 0.6) is 5.75 Å². The van der Waals surface area contributed by atoms with Crippen molar-refractivity contribution in [1.29, 1.82) is 0 Å². The molecule has 3 aromatic carbocycles. The highest BCUT2D eigenvalue weighted by Crippen LogP contribution is 2.28. The molecular weight excluding hydrogens is 394 g/mol. The fourth-order valence-electron chi connectivity index (χ4n) is 3.20. The van der Waals surface area contributed by atoms with Gasteiger partial charge < -0.3 is 20.1 Å². The smallest absolute Gasteiger partial charge is 0.320 e. The summed E-state index contributed by atoms with van der Waals surface area (Å²) < 4.78 is 10.7. The van der Waals surface area contributed by atoms with E-state index in [0.29, 0.717) is 11.7 Å². The third-order valence-electron chi connectivity index (χ3n) is 4.94. The average molecular weight is 415 g/mol. The maximum Gasteiger partial charge on any atom is 0.320 e. The summed E-state index contributed by atoms with van der Waals surface area (Å²) in [6.45, 7) is 0. The van der Waals surface area contributed by atoms with Gasteiger partial charge in [-0.2, -0.15) is 4.98 Å². The molecule has 4 aromatic rings. The van der Waals surface area contributed by atoms with E-state index in [1.807, 2.05) is 72.8 Å². The van der Waals surface area contributed by atoms with Gasteiger partial charge in [-0.25, -0.2) is 0 Å². The molecule has 0 unspecified atom stereocenters. The van der Waals surface area contributed by atoms with Crippen molar-refractivity contribution >= 4 is 5.97 Å². The molecule has 0 fully saturated rings. The summed E-state index contributed by atoms with van der Waals surface area (Å²) in [5, 5.41) is 13.0. The fraction of sp³-hybridized carbons (Fsp3) is 0.125. The number of rotatable bonds is 7. The highest BCUT2D eigenvalue weighted by atomic mass is 16.5. The van der Waals surface area contributed by atoms with Gasteiger partial charge in [0.15, 0.2) is 0 Å². The molecule has 0 aliphatic rings. The lowest BCUT2D eigenvalue weighted by Gasteiger charge is -2.06. The van der Waals surface area contributed by atoms with Crippen LogP contribution in [-0.4, -0.2) is 34.4 Å². The first kappa shape index (κ1) is 20.3. The number of aromatic nitrogens is 2. The molecule has 7 nitrogen and oxygen atoms in total. The molecule has 0 radical (unpaired) electrons. The maximum absolute atomic E-state index is 10.9. The number of carbonyl (C=O) groups is 1. The lowest BCUT2D eigenvalue weighted by atomic mass is 10.0. The zero-order chi connectivity index (χ0) is 21.8. The number of methoxy groups -OCH3 is 1. The molecule has 0 bridgehead atoms. The number of hydrogen-bond acceptors (Lipinski definition) is 6. The number of nitrogens with two attached hydrogens (primary N) is 1. The van der Waals surface area contributed by atoms with E-state index in [9.17, 15) is 4.79 Å². The molecule has 3 N–H and O–H groups in total. The van der Waals surface area contributed by atoms with Gasteiger partial charge in [0.05, 0.1) is 7.11 Å². The van der Waals surface area contributed by atoms with Crippen LogP contribution in [0.4, 0.5) is 0 Å². The van der Waals surface area contributed by atoms with Crippen LogP contribution in [-0.2, 0) is 11.2 Å².